The summed E-state index contributed by atoms with van der Waals surface area (Å²) in [6, 6.07) is 5.34. The Bertz CT molecular complexity index is 739. The number of hydrogen-bond donors (Lipinski definition) is 0. The molecule has 3 heterocycles. The second-order valence-electron chi connectivity index (χ2n) is 3.91. The average molecular weight is 330 g/mol. The van der Waals surface area contributed by atoms with Gasteiger partial charge in [0.1, 0.15) is 5.69 Å². The number of carbonyl (C=O) groups excluding carboxylic acids is 1. The first-order valence-corrected chi connectivity index (χ1v) is 6.51. The summed E-state index contributed by atoms with van der Waals surface area (Å²) in [7, 11) is 0. The first-order valence-electron chi connectivity index (χ1n) is 5.72. The molecule has 98 valence electrons. The van der Waals surface area contributed by atoms with Crippen molar-refractivity contribution in [3.05, 3.63) is 53.0 Å². The van der Waals surface area contributed by atoms with Gasteiger partial charge in [-0.05, 0) is 34.1 Å². The molecule has 0 aliphatic heterocycles. The average Bonchev–Trinajstić information content (AvgIpc) is 2.93. The van der Waals surface area contributed by atoms with Crippen LogP contribution in [0.15, 0.2) is 47.5 Å². The Balaban J connectivity index is 2.10. The molecule has 0 saturated carbocycles. The van der Waals surface area contributed by atoms with Crippen LogP contribution in [0.2, 0.25) is 0 Å². The highest BCUT2D eigenvalue weighted by Crippen LogP contribution is 2.21. The van der Waals surface area contributed by atoms with E-state index in [1.165, 1.54) is 4.68 Å². The maximum atomic E-state index is 11.2. The molecule has 0 aromatic carbocycles. The predicted octanol–water partition coefficient (Wildman–Crippen LogP) is 2.30. The fraction of sp³-hybridized carbons (Fsp3) is 0. The van der Waals surface area contributed by atoms with E-state index in [9.17, 15) is 4.79 Å². The zero-order valence-corrected chi connectivity index (χ0v) is 11.7. The van der Waals surface area contributed by atoms with Crippen molar-refractivity contribution in [1.82, 2.24) is 24.7 Å². The van der Waals surface area contributed by atoms with E-state index in [2.05, 4.69) is 36.0 Å². The molecule has 0 bridgehead atoms. The lowest BCUT2D eigenvalue weighted by atomic mass is 10.2. The summed E-state index contributed by atoms with van der Waals surface area (Å²) >= 11 is 3.32. The van der Waals surface area contributed by atoms with Crippen molar-refractivity contribution in [3.63, 3.8) is 0 Å². The van der Waals surface area contributed by atoms with Gasteiger partial charge in [-0.25, -0.2) is 14.6 Å². The molecule has 3 rings (SSSR count). The topological polar surface area (TPSA) is 73.6 Å². The van der Waals surface area contributed by atoms with Crippen molar-refractivity contribution in [1.29, 1.82) is 0 Å². The van der Waals surface area contributed by atoms with Gasteiger partial charge in [0.05, 0.1) is 11.3 Å². The Hall–Kier alpha value is -2.41. The molecule has 6 nitrogen and oxygen atoms in total. The Labute approximate surface area is 122 Å². The largest absolute Gasteiger partial charge is 0.298 e. The molecule has 3 aromatic rings. The molecule has 3 aromatic heterocycles. The van der Waals surface area contributed by atoms with E-state index in [-0.39, 0.29) is 0 Å². The van der Waals surface area contributed by atoms with Gasteiger partial charge in [0.2, 0.25) is 5.95 Å². The lowest BCUT2D eigenvalue weighted by Gasteiger charge is -1.98. The number of carbonyl (C=O) groups is 1. The van der Waals surface area contributed by atoms with Crippen LogP contribution < -0.4 is 0 Å². The quantitative estimate of drug-likeness (QED) is 0.689. The second-order valence-corrected chi connectivity index (χ2v) is 4.82. The van der Waals surface area contributed by atoms with E-state index in [1.54, 1.807) is 36.9 Å². The van der Waals surface area contributed by atoms with Gasteiger partial charge in [-0.1, -0.05) is 0 Å². The van der Waals surface area contributed by atoms with Crippen LogP contribution in [0.1, 0.15) is 10.4 Å². The third-order valence-electron chi connectivity index (χ3n) is 2.60. The zero-order chi connectivity index (χ0) is 13.9. The van der Waals surface area contributed by atoms with Crippen molar-refractivity contribution < 1.29 is 4.79 Å². The molecule has 20 heavy (non-hydrogen) atoms. The van der Waals surface area contributed by atoms with Gasteiger partial charge < -0.3 is 0 Å². The van der Waals surface area contributed by atoms with Crippen LogP contribution in [0.25, 0.3) is 17.3 Å². The molecular formula is C13H8BrN5O. The molecule has 0 atom stereocenters. The fourth-order valence-electron chi connectivity index (χ4n) is 1.70. The molecule has 0 N–H and O–H groups in total. The summed E-state index contributed by atoms with van der Waals surface area (Å²) in [5.74, 6) is 0.402. The van der Waals surface area contributed by atoms with Gasteiger partial charge >= 0.3 is 0 Å². The van der Waals surface area contributed by atoms with E-state index >= 15 is 0 Å². The minimum Gasteiger partial charge on any atom is -0.298 e. The van der Waals surface area contributed by atoms with Crippen LogP contribution in [0.3, 0.4) is 0 Å². The number of rotatable bonds is 3. The van der Waals surface area contributed by atoms with Gasteiger partial charge in [0.15, 0.2) is 6.29 Å². The minimum absolute atomic E-state index is 0.402. The highest BCUT2D eigenvalue weighted by atomic mass is 79.9. The van der Waals surface area contributed by atoms with E-state index in [0.717, 1.165) is 10.8 Å². The van der Waals surface area contributed by atoms with Crippen LogP contribution in [0.5, 0.6) is 0 Å². The monoisotopic (exact) mass is 329 g/mol. The van der Waals surface area contributed by atoms with E-state index in [4.69, 9.17) is 0 Å². The van der Waals surface area contributed by atoms with Crippen LogP contribution in [0, 0.1) is 0 Å². The molecule has 0 amide bonds. The van der Waals surface area contributed by atoms with E-state index in [0.29, 0.717) is 22.9 Å². The van der Waals surface area contributed by atoms with E-state index < -0.39 is 0 Å². The zero-order valence-electron chi connectivity index (χ0n) is 10.1. The van der Waals surface area contributed by atoms with Crippen LogP contribution in [-0.4, -0.2) is 31.0 Å². The number of aldehydes is 1. The normalized spacial score (nSPS) is 10.4. The highest BCUT2D eigenvalue weighted by Gasteiger charge is 2.13. The molecule has 0 saturated heterocycles. The molecule has 0 radical (unpaired) electrons. The van der Waals surface area contributed by atoms with Gasteiger partial charge in [0, 0.05) is 29.3 Å². The number of aromatic nitrogens is 5. The predicted molar refractivity (Wildman–Crippen MR) is 75.5 cm³/mol. The van der Waals surface area contributed by atoms with Crippen LogP contribution in [0.4, 0.5) is 0 Å². The molecule has 0 fully saturated rings. The van der Waals surface area contributed by atoms with Crippen molar-refractivity contribution in [2.45, 2.75) is 0 Å². The third kappa shape index (κ3) is 2.35. The second kappa shape index (κ2) is 5.30. The summed E-state index contributed by atoms with van der Waals surface area (Å²) < 4.78 is 2.32. The molecule has 0 unspecified atom stereocenters. The SMILES string of the molecule is O=Cc1cn(-c2ncccn2)nc1-c1ccc(Br)cn1. The first kappa shape index (κ1) is 12.6. The Kier molecular flexibility index (Phi) is 3.34. The summed E-state index contributed by atoms with van der Waals surface area (Å²) in [5, 5.41) is 4.33. The number of nitrogens with zero attached hydrogens (tertiary/aromatic N) is 5. The highest BCUT2D eigenvalue weighted by molar-refractivity contribution is 9.10. The van der Waals surface area contributed by atoms with Gasteiger partial charge in [0.25, 0.3) is 0 Å². The minimum atomic E-state index is 0.402. The first-order chi connectivity index (χ1) is 9.78. The molecule has 0 aliphatic rings. The maximum absolute atomic E-state index is 11.2. The Morgan fingerprint density at radius 1 is 1.15 bits per heavy atom. The van der Waals surface area contributed by atoms with Gasteiger partial charge in [-0.15, -0.1) is 0 Å². The standard InChI is InChI=1S/C13H8BrN5O/c14-10-2-3-11(17-6-10)12-9(8-20)7-19(18-12)13-15-4-1-5-16-13/h1-8H. The van der Waals surface area contributed by atoms with E-state index in [1.807, 2.05) is 6.07 Å². The van der Waals surface area contributed by atoms with Crippen molar-refractivity contribution in [2.24, 2.45) is 0 Å². The Morgan fingerprint density at radius 3 is 2.60 bits per heavy atom. The third-order valence-corrected chi connectivity index (χ3v) is 3.07. The van der Waals surface area contributed by atoms with Crippen LogP contribution in [-0.2, 0) is 0 Å². The van der Waals surface area contributed by atoms with Crippen LogP contribution >= 0.6 is 15.9 Å². The number of hydrogen-bond acceptors (Lipinski definition) is 5. The smallest absolute Gasteiger partial charge is 0.250 e. The van der Waals surface area contributed by atoms with Crippen molar-refractivity contribution >= 4 is 22.2 Å². The summed E-state index contributed by atoms with van der Waals surface area (Å²) in [6.45, 7) is 0. The molecule has 0 spiro atoms. The fourth-order valence-corrected chi connectivity index (χ4v) is 1.94. The summed E-state index contributed by atoms with van der Waals surface area (Å²) in [5.41, 5.74) is 1.55. The van der Waals surface area contributed by atoms with Crippen molar-refractivity contribution in [3.8, 4) is 17.3 Å². The van der Waals surface area contributed by atoms with Gasteiger partial charge in [-0.3, -0.25) is 9.78 Å². The maximum Gasteiger partial charge on any atom is 0.250 e. The van der Waals surface area contributed by atoms with Gasteiger partial charge in [-0.2, -0.15) is 5.10 Å². The summed E-state index contributed by atoms with van der Waals surface area (Å²) in [4.78, 5) is 23.6. The van der Waals surface area contributed by atoms with Crippen molar-refractivity contribution in [2.75, 3.05) is 0 Å². The lowest BCUT2D eigenvalue weighted by molar-refractivity contribution is 0.112. The summed E-state index contributed by atoms with van der Waals surface area (Å²) in [6.07, 6.45) is 7.21. The number of halogens is 1. The number of pyridine rings is 1. The molecule has 7 heteroatoms. The Morgan fingerprint density at radius 2 is 1.95 bits per heavy atom. The molecular weight excluding hydrogens is 322 g/mol. The molecule has 0 aliphatic carbocycles. The lowest BCUT2D eigenvalue weighted by Crippen LogP contribution is -2.00.